The summed E-state index contributed by atoms with van der Waals surface area (Å²) in [6.07, 6.45) is 3.37. The average molecular weight is 177 g/mol. The van der Waals surface area contributed by atoms with Gasteiger partial charge in [0.2, 0.25) is 5.96 Å². The number of guanidine groups is 1. The van der Waals surface area contributed by atoms with Gasteiger partial charge in [-0.05, 0) is 19.1 Å². The smallest absolute Gasteiger partial charge is 0.211 e. The maximum atomic E-state index is 5.13. The van der Waals surface area contributed by atoms with Gasteiger partial charge in [0, 0.05) is 18.0 Å². The monoisotopic (exact) mass is 177 g/mol. The summed E-state index contributed by atoms with van der Waals surface area (Å²) in [5, 5.41) is 7.36. The van der Waals surface area contributed by atoms with E-state index in [4.69, 9.17) is 11.5 Å². The van der Waals surface area contributed by atoms with Crippen molar-refractivity contribution in [1.82, 2.24) is 4.98 Å². The first kappa shape index (κ1) is 9.18. The number of rotatable bonds is 2. The summed E-state index contributed by atoms with van der Waals surface area (Å²) in [6.45, 7) is 1.82. The van der Waals surface area contributed by atoms with Gasteiger partial charge in [-0.3, -0.25) is 4.98 Å². The van der Waals surface area contributed by atoms with Crippen LogP contribution in [0.25, 0.3) is 0 Å². The van der Waals surface area contributed by atoms with Crippen molar-refractivity contribution in [2.75, 3.05) is 0 Å². The Bertz CT molecular complexity index is 324. The van der Waals surface area contributed by atoms with Crippen LogP contribution in [0.5, 0.6) is 0 Å². The van der Waals surface area contributed by atoms with Crippen LogP contribution in [-0.4, -0.2) is 16.7 Å². The van der Waals surface area contributed by atoms with Crippen molar-refractivity contribution in [3.8, 4) is 0 Å². The van der Waals surface area contributed by atoms with Gasteiger partial charge in [0.1, 0.15) is 0 Å². The zero-order valence-electron chi connectivity index (χ0n) is 7.31. The molecule has 1 aromatic rings. The van der Waals surface area contributed by atoms with Crippen LogP contribution in [0.1, 0.15) is 12.5 Å². The van der Waals surface area contributed by atoms with Crippen LogP contribution in [-0.2, 0) is 0 Å². The van der Waals surface area contributed by atoms with Crippen molar-refractivity contribution in [2.24, 2.45) is 21.7 Å². The maximum Gasteiger partial charge on any atom is 0.211 e. The summed E-state index contributed by atoms with van der Waals surface area (Å²) in [5.74, 6) is -0.0478. The topological polar surface area (TPSA) is 89.6 Å². The third-order valence-electron chi connectivity index (χ3n) is 1.41. The number of pyridine rings is 1. The minimum Gasteiger partial charge on any atom is -0.369 e. The zero-order valence-corrected chi connectivity index (χ0v) is 7.31. The summed E-state index contributed by atoms with van der Waals surface area (Å²) in [7, 11) is 0. The standard InChI is InChI=1S/C8H11N5/c1-6(12-13-8(9)10)7-2-4-11-5-3-7/h2-5H,1H3,(H4,9,10,13)/b12-6-. The fourth-order valence-corrected chi connectivity index (χ4v) is 0.784. The molecule has 5 heteroatoms. The van der Waals surface area contributed by atoms with Gasteiger partial charge < -0.3 is 11.5 Å². The molecule has 13 heavy (non-hydrogen) atoms. The van der Waals surface area contributed by atoms with Gasteiger partial charge in [-0.1, -0.05) is 0 Å². The number of hydrogen-bond donors (Lipinski definition) is 2. The van der Waals surface area contributed by atoms with Crippen LogP contribution in [0.3, 0.4) is 0 Å². The number of hydrogen-bond acceptors (Lipinski definition) is 3. The van der Waals surface area contributed by atoms with E-state index < -0.39 is 0 Å². The molecule has 0 amide bonds. The summed E-state index contributed by atoms with van der Waals surface area (Å²) < 4.78 is 0. The number of nitrogens with two attached hydrogens (primary N) is 2. The molecule has 1 heterocycles. The molecule has 0 fully saturated rings. The van der Waals surface area contributed by atoms with Crippen LogP contribution in [0.4, 0.5) is 0 Å². The molecular formula is C8H11N5. The molecule has 0 atom stereocenters. The average Bonchev–Trinajstić information content (AvgIpc) is 2.15. The lowest BCUT2D eigenvalue weighted by molar-refractivity contribution is 1.19. The highest BCUT2D eigenvalue weighted by atomic mass is 15.3. The number of nitrogens with zero attached hydrogens (tertiary/aromatic N) is 3. The molecule has 0 aromatic carbocycles. The molecule has 0 radical (unpaired) electrons. The predicted molar refractivity (Wildman–Crippen MR) is 52.3 cm³/mol. The van der Waals surface area contributed by atoms with E-state index in [0.29, 0.717) is 0 Å². The highest BCUT2D eigenvalue weighted by molar-refractivity contribution is 5.98. The SMILES string of the molecule is C/C(=N/N=C(N)N)c1ccncc1. The second kappa shape index (κ2) is 4.20. The highest BCUT2D eigenvalue weighted by Crippen LogP contribution is 1.98. The first-order valence-electron chi connectivity index (χ1n) is 3.73. The maximum absolute atomic E-state index is 5.13. The highest BCUT2D eigenvalue weighted by Gasteiger charge is 1.94. The Morgan fingerprint density at radius 1 is 1.23 bits per heavy atom. The van der Waals surface area contributed by atoms with Crippen molar-refractivity contribution in [3.05, 3.63) is 30.1 Å². The molecule has 4 N–H and O–H groups in total. The van der Waals surface area contributed by atoms with Crippen LogP contribution in [0.2, 0.25) is 0 Å². The molecule has 68 valence electrons. The Hall–Kier alpha value is -1.91. The van der Waals surface area contributed by atoms with Crippen molar-refractivity contribution in [1.29, 1.82) is 0 Å². The molecule has 5 nitrogen and oxygen atoms in total. The van der Waals surface area contributed by atoms with Crippen LogP contribution in [0, 0.1) is 0 Å². The summed E-state index contributed by atoms with van der Waals surface area (Å²) in [6, 6.07) is 3.67. The lowest BCUT2D eigenvalue weighted by Gasteiger charge is -1.95. The van der Waals surface area contributed by atoms with Gasteiger partial charge in [-0.25, -0.2) is 0 Å². The molecule has 0 bridgehead atoms. The zero-order chi connectivity index (χ0) is 9.68. The van der Waals surface area contributed by atoms with Gasteiger partial charge in [0.25, 0.3) is 0 Å². The van der Waals surface area contributed by atoms with E-state index in [1.165, 1.54) is 0 Å². The molecule has 0 saturated carbocycles. The van der Waals surface area contributed by atoms with Crippen LogP contribution >= 0.6 is 0 Å². The van der Waals surface area contributed by atoms with Gasteiger partial charge in [-0.15, -0.1) is 5.10 Å². The first-order chi connectivity index (χ1) is 6.20. The largest absolute Gasteiger partial charge is 0.369 e. The third kappa shape index (κ3) is 2.90. The normalized spacial score (nSPS) is 11.0. The lowest BCUT2D eigenvalue weighted by atomic mass is 10.2. The van der Waals surface area contributed by atoms with Crippen LogP contribution in [0.15, 0.2) is 34.7 Å². The molecular weight excluding hydrogens is 166 g/mol. The van der Waals surface area contributed by atoms with E-state index in [-0.39, 0.29) is 5.96 Å². The molecule has 1 aromatic heterocycles. The molecule has 0 spiro atoms. The quantitative estimate of drug-likeness (QED) is 0.381. The van der Waals surface area contributed by atoms with E-state index in [9.17, 15) is 0 Å². The summed E-state index contributed by atoms with van der Waals surface area (Å²) in [4.78, 5) is 3.88. The van der Waals surface area contributed by atoms with Crippen molar-refractivity contribution in [3.63, 3.8) is 0 Å². The van der Waals surface area contributed by atoms with E-state index in [2.05, 4.69) is 15.2 Å². The Balaban J connectivity index is 2.86. The van der Waals surface area contributed by atoms with Gasteiger partial charge in [0.15, 0.2) is 0 Å². The first-order valence-corrected chi connectivity index (χ1v) is 3.73. The Labute approximate surface area is 76.2 Å². The molecule has 0 unspecified atom stereocenters. The lowest BCUT2D eigenvalue weighted by Crippen LogP contribution is -2.22. The minimum absolute atomic E-state index is 0.0478. The van der Waals surface area contributed by atoms with Crippen molar-refractivity contribution in [2.45, 2.75) is 6.92 Å². The summed E-state index contributed by atoms with van der Waals surface area (Å²) >= 11 is 0. The minimum atomic E-state index is -0.0478. The van der Waals surface area contributed by atoms with Gasteiger partial charge in [-0.2, -0.15) is 5.10 Å². The Morgan fingerprint density at radius 3 is 2.38 bits per heavy atom. The molecule has 0 aliphatic heterocycles. The van der Waals surface area contributed by atoms with Crippen molar-refractivity contribution < 1.29 is 0 Å². The Morgan fingerprint density at radius 2 is 1.85 bits per heavy atom. The molecule has 1 rings (SSSR count). The second-order valence-corrected chi connectivity index (χ2v) is 2.45. The molecule has 0 aliphatic carbocycles. The van der Waals surface area contributed by atoms with E-state index in [0.717, 1.165) is 11.3 Å². The van der Waals surface area contributed by atoms with E-state index in [1.807, 2.05) is 19.1 Å². The third-order valence-corrected chi connectivity index (χ3v) is 1.41. The van der Waals surface area contributed by atoms with Gasteiger partial charge in [0.05, 0.1) is 5.71 Å². The fourth-order valence-electron chi connectivity index (χ4n) is 0.784. The Kier molecular flexibility index (Phi) is 2.97. The molecule has 0 saturated heterocycles. The van der Waals surface area contributed by atoms with E-state index >= 15 is 0 Å². The second-order valence-electron chi connectivity index (χ2n) is 2.45. The number of aromatic nitrogens is 1. The van der Waals surface area contributed by atoms with E-state index in [1.54, 1.807) is 12.4 Å². The predicted octanol–water partition coefficient (Wildman–Crippen LogP) is 0.0790. The molecule has 0 aliphatic rings. The van der Waals surface area contributed by atoms with Crippen molar-refractivity contribution >= 4 is 11.7 Å². The fraction of sp³-hybridized carbons (Fsp3) is 0.125. The van der Waals surface area contributed by atoms with Gasteiger partial charge >= 0.3 is 0 Å². The summed E-state index contributed by atoms with van der Waals surface area (Å²) in [5.41, 5.74) is 11.9. The van der Waals surface area contributed by atoms with Crippen LogP contribution < -0.4 is 11.5 Å².